The number of hydrogen-bond acceptors (Lipinski definition) is 3. The highest BCUT2D eigenvalue weighted by atomic mass is 79.9. The molecule has 28 heavy (non-hydrogen) atoms. The highest BCUT2D eigenvalue weighted by Gasteiger charge is 2.18. The zero-order chi connectivity index (χ0) is 19.7. The lowest BCUT2D eigenvalue weighted by Crippen LogP contribution is -2.14. The van der Waals surface area contributed by atoms with Crippen molar-refractivity contribution in [1.29, 1.82) is 0 Å². The maximum atomic E-state index is 12.9. The Morgan fingerprint density at radius 2 is 1.71 bits per heavy atom. The number of ketones is 1. The van der Waals surface area contributed by atoms with Gasteiger partial charge < -0.3 is 9.73 Å². The summed E-state index contributed by atoms with van der Waals surface area (Å²) in [4.78, 5) is 25.6. The van der Waals surface area contributed by atoms with Gasteiger partial charge >= 0.3 is 0 Å². The number of amides is 1. The topological polar surface area (TPSA) is 59.3 Å². The molecule has 1 amide bonds. The van der Waals surface area contributed by atoms with E-state index >= 15 is 0 Å². The fraction of sp³-hybridized carbons (Fsp3) is 0. The van der Waals surface area contributed by atoms with Gasteiger partial charge in [0.05, 0.1) is 5.69 Å². The first-order chi connectivity index (χ1) is 13.5. The number of nitrogens with one attached hydrogen (secondary N) is 1. The van der Waals surface area contributed by atoms with E-state index in [0.717, 1.165) is 9.86 Å². The molecule has 0 saturated heterocycles. The van der Waals surface area contributed by atoms with E-state index < -0.39 is 5.91 Å². The maximum absolute atomic E-state index is 12.9. The summed E-state index contributed by atoms with van der Waals surface area (Å²) in [5, 5.41) is 3.97. The van der Waals surface area contributed by atoms with Gasteiger partial charge in [-0.25, -0.2) is 0 Å². The second kappa shape index (κ2) is 7.62. The monoisotopic (exact) mass is 453 g/mol. The van der Waals surface area contributed by atoms with Crippen LogP contribution in [0.15, 0.2) is 81.7 Å². The first kappa shape index (κ1) is 18.5. The van der Waals surface area contributed by atoms with Gasteiger partial charge in [-0.3, -0.25) is 9.59 Å². The van der Waals surface area contributed by atoms with Crippen molar-refractivity contribution in [3.63, 3.8) is 0 Å². The van der Waals surface area contributed by atoms with Crippen LogP contribution in [0.1, 0.15) is 26.5 Å². The van der Waals surface area contributed by atoms with Gasteiger partial charge in [0.25, 0.3) is 5.91 Å². The third-order valence-corrected chi connectivity index (χ3v) is 4.94. The van der Waals surface area contributed by atoms with Crippen LogP contribution in [0.3, 0.4) is 0 Å². The predicted molar refractivity (Wildman–Crippen MR) is 113 cm³/mol. The van der Waals surface area contributed by atoms with Crippen LogP contribution in [0.5, 0.6) is 0 Å². The van der Waals surface area contributed by atoms with Gasteiger partial charge in [0.1, 0.15) is 5.58 Å². The molecule has 0 unspecified atom stereocenters. The summed E-state index contributed by atoms with van der Waals surface area (Å²) in [6, 6.07) is 20.7. The van der Waals surface area contributed by atoms with E-state index in [-0.39, 0.29) is 11.5 Å². The normalized spacial score (nSPS) is 10.8. The molecular weight excluding hydrogens is 442 g/mol. The third-order valence-electron chi connectivity index (χ3n) is 4.21. The molecule has 4 rings (SSSR count). The SMILES string of the molecule is O=C(Nc1ccc(Cl)cc1C(=O)c1ccccc1)c1cc2cc(Br)ccc2o1. The van der Waals surface area contributed by atoms with Crippen LogP contribution in [0.2, 0.25) is 5.02 Å². The Morgan fingerprint density at radius 1 is 0.929 bits per heavy atom. The summed E-state index contributed by atoms with van der Waals surface area (Å²) < 4.78 is 6.51. The summed E-state index contributed by atoms with van der Waals surface area (Å²) in [6.07, 6.45) is 0. The van der Waals surface area contributed by atoms with Crippen LogP contribution in [0.4, 0.5) is 5.69 Å². The van der Waals surface area contributed by atoms with Crippen LogP contribution < -0.4 is 5.32 Å². The molecule has 1 N–H and O–H groups in total. The van der Waals surface area contributed by atoms with Crippen molar-refractivity contribution in [3.05, 3.63) is 99.2 Å². The molecule has 0 bridgehead atoms. The van der Waals surface area contributed by atoms with Gasteiger partial charge in [-0.2, -0.15) is 0 Å². The number of furan rings is 1. The summed E-state index contributed by atoms with van der Waals surface area (Å²) >= 11 is 9.48. The average Bonchev–Trinajstić information content (AvgIpc) is 3.13. The number of benzene rings is 3. The van der Waals surface area contributed by atoms with Gasteiger partial charge in [-0.05, 0) is 42.5 Å². The number of rotatable bonds is 4. The molecule has 0 aliphatic rings. The molecule has 4 aromatic rings. The highest BCUT2D eigenvalue weighted by Crippen LogP contribution is 2.27. The van der Waals surface area contributed by atoms with E-state index in [1.165, 1.54) is 0 Å². The average molecular weight is 455 g/mol. The van der Waals surface area contributed by atoms with E-state index in [2.05, 4.69) is 21.2 Å². The predicted octanol–water partition coefficient (Wildman–Crippen LogP) is 6.33. The molecule has 6 heteroatoms. The molecule has 1 heterocycles. The Hall–Kier alpha value is -2.89. The standard InChI is InChI=1S/C22H13BrClNO3/c23-15-6-9-19-14(10-15)11-20(28-19)22(27)25-18-8-7-16(24)12-17(18)21(26)13-4-2-1-3-5-13/h1-12H,(H,25,27). The number of fused-ring (bicyclic) bond motifs is 1. The summed E-state index contributed by atoms with van der Waals surface area (Å²) in [5.41, 5.74) is 1.79. The second-order valence-corrected chi connectivity index (χ2v) is 7.48. The lowest BCUT2D eigenvalue weighted by atomic mass is 10.0. The largest absolute Gasteiger partial charge is 0.451 e. The molecule has 0 radical (unpaired) electrons. The summed E-state index contributed by atoms with van der Waals surface area (Å²) in [6.45, 7) is 0. The van der Waals surface area contributed by atoms with Crippen molar-refractivity contribution in [2.75, 3.05) is 5.32 Å². The van der Waals surface area contributed by atoms with E-state index in [1.807, 2.05) is 18.2 Å². The molecule has 0 atom stereocenters. The van der Waals surface area contributed by atoms with E-state index in [1.54, 1.807) is 54.6 Å². The van der Waals surface area contributed by atoms with Crippen LogP contribution in [-0.2, 0) is 0 Å². The van der Waals surface area contributed by atoms with Crippen molar-refractivity contribution in [2.24, 2.45) is 0 Å². The van der Waals surface area contributed by atoms with Crippen LogP contribution in [0.25, 0.3) is 11.0 Å². The lowest BCUT2D eigenvalue weighted by molar-refractivity contribution is 0.0998. The molecule has 0 aliphatic heterocycles. The van der Waals surface area contributed by atoms with Crippen LogP contribution in [-0.4, -0.2) is 11.7 Å². The van der Waals surface area contributed by atoms with Gasteiger partial charge in [0, 0.05) is 26.0 Å². The van der Waals surface area contributed by atoms with Crippen LogP contribution in [0, 0.1) is 0 Å². The second-order valence-electron chi connectivity index (χ2n) is 6.13. The van der Waals surface area contributed by atoms with Crippen LogP contribution >= 0.6 is 27.5 Å². The maximum Gasteiger partial charge on any atom is 0.291 e. The fourth-order valence-electron chi connectivity index (χ4n) is 2.87. The number of halogens is 2. The molecule has 0 saturated carbocycles. The lowest BCUT2D eigenvalue weighted by Gasteiger charge is -2.10. The number of anilines is 1. The van der Waals surface area contributed by atoms with Gasteiger partial charge in [-0.1, -0.05) is 57.9 Å². The molecule has 138 valence electrons. The van der Waals surface area contributed by atoms with Crippen molar-refractivity contribution in [2.45, 2.75) is 0 Å². The molecule has 0 fully saturated rings. The zero-order valence-corrected chi connectivity index (χ0v) is 16.8. The minimum atomic E-state index is -0.447. The highest BCUT2D eigenvalue weighted by molar-refractivity contribution is 9.10. The van der Waals surface area contributed by atoms with Crippen molar-refractivity contribution in [3.8, 4) is 0 Å². The summed E-state index contributed by atoms with van der Waals surface area (Å²) in [7, 11) is 0. The van der Waals surface area contributed by atoms with Gasteiger partial charge in [-0.15, -0.1) is 0 Å². The van der Waals surface area contributed by atoms with Crippen molar-refractivity contribution < 1.29 is 14.0 Å². The minimum absolute atomic E-state index is 0.154. The third kappa shape index (κ3) is 3.72. The molecule has 1 aromatic heterocycles. The van der Waals surface area contributed by atoms with Gasteiger partial charge in [0.2, 0.25) is 0 Å². The first-order valence-corrected chi connectivity index (χ1v) is 9.58. The van der Waals surface area contributed by atoms with Gasteiger partial charge in [0.15, 0.2) is 11.5 Å². The zero-order valence-electron chi connectivity index (χ0n) is 14.4. The molecule has 3 aromatic carbocycles. The fourth-order valence-corrected chi connectivity index (χ4v) is 3.42. The number of carbonyl (C=O) groups excluding carboxylic acids is 2. The van der Waals surface area contributed by atoms with Crippen molar-refractivity contribution in [1.82, 2.24) is 0 Å². The molecule has 0 spiro atoms. The molecule has 0 aliphatic carbocycles. The van der Waals surface area contributed by atoms with E-state index in [9.17, 15) is 9.59 Å². The number of carbonyl (C=O) groups is 2. The van der Waals surface area contributed by atoms with E-state index in [4.69, 9.17) is 16.0 Å². The Balaban J connectivity index is 1.67. The minimum Gasteiger partial charge on any atom is -0.451 e. The summed E-state index contributed by atoms with van der Waals surface area (Å²) in [5.74, 6) is -0.523. The quantitative estimate of drug-likeness (QED) is 0.366. The Bertz CT molecular complexity index is 1200. The smallest absolute Gasteiger partial charge is 0.291 e. The molecular formula is C22H13BrClNO3. The Kier molecular flexibility index (Phi) is 5.03. The Morgan fingerprint density at radius 3 is 2.50 bits per heavy atom. The molecule has 4 nitrogen and oxygen atoms in total. The van der Waals surface area contributed by atoms with Crippen molar-refractivity contribution >= 4 is 55.9 Å². The number of hydrogen-bond donors (Lipinski definition) is 1. The first-order valence-electron chi connectivity index (χ1n) is 8.41. The van der Waals surface area contributed by atoms with E-state index in [0.29, 0.717) is 27.4 Å². The Labute approximate surface area is 174 Å².